The Hall–Kier alpha value is -3.80. The topological polar surface area (TPSA) is 65.4 Å². The number of fused-ring (bicyclic) bond motifs is 1. The predicted molar refractivity (Wildman–Crippen MR) is 148 cm³/mol. The summed E-state index contributed by atoms with van der Waals surface area (Å²) in [6.45, 7) is 10.0. The Morgan fingerprint density at radius 1 is 0.973 bits per heavy atom. The zero-order valence-corrected chi connectivity index (χ0v) is 22.5. The highest BCUT2D eigenvalue weighted by Gasteiger charge is 2.20. The second-order valence-electron chi connectivity index (χ2n) is 10.3. The third-order valence-electron chi connectivity index (χ3n) is 6.54. The molecule has 4 aromatic rings. The van der Waals surface area contributed by atoms with Crippen LogP contribution in [0.5, 0.6) is 11.5 Å². The zero-order valence-electron chi connectivity index (χ0n) is 22.5. The van der Waals surface area contributed by atoms with Crippen LogP contribution in [0.15, 0.2) is 72.8 Å². The van der Waals surface area contributed by atoms with E-state index in [1.165, 1.54) is 5.56 Å². The van der Waals surface area contributed by atoms with E-state index in [0.717, 1.165) is 42.0 Å². The predicted octanol–water partition coefficient (Wildman–Crippen LogP) is 6.69. The van der Waals surface area contributed by atoms with Crippen molar-refractivity contribution in [2.45, 2.75) is 58.5 Å². The van der Waals surface area contributed by atoms with Crippen LogP contribution in [0.25, 0.3) is 11.0 Å². The first kappa shape index (κ1) is 26.3. The van der Waals surface area contributed by atoms with Crippen LogP contribution in [0, 0.1) is 0 Å². The number of carbonyl (C=O) groups excluding carboxylic acids is 1. The largest absolute Gasteiger partial charge is 0.496 e. The Labute approximate surface area is 219 Å². The average molecular weight is 500 g/mol. The number of hydrogen-bond donors (Lipinski definition) is 1. The summed E-state index contributed by atoms with van der Waals surface area (Å²) in [6, 6.07) is 23.4. The number of nitrogens with zero attached hydrogens (tertiary/aromatic N) is 2. The third kappa shape index (κ3) is 6.31. The molecule has 0 aliphatic heterocycles. The van der Waals surface area contributed by atoms with Gasteiger partial charge in [0.2, 0.25) is 0 Å². The van der Waals surface area contributed by atoms with E-state index in [0.29, 0.717) is 17.9 Å². The highest BCUT2D eigenvalue weighted by atomic mass is 16.5. The van der Waals surface area contributed by atoms with Crippen LogP contribution in [0.1, 0.15) is 68.3 Å². The highest BCUT2D eigenvalue weighted by Crippen LogP contribution is 2.25. The van der Waals surface area contributed by atoms with Crippen LogP contribution in [0.4, 0.5) is 0 Å². The number of nitrogens with one attached hydrogen (secondary N) is 1. The van der Waals surface area contributed by atoms with Crippen molar-refractivity contribution in [3.63, 3.8) is 0 Å². The van der Waals surface area contributed by atoms with Gasteiger partial charge in [-0.2, -0.15) is 0 Å². The molecule has 4 rings (SSSR count). The molecule has 0 aliphatic rings. The molecule has 0 fully saturated rings. The number of ether oxygens (including phenoxy) is 2. The van der Waals surface area contributed by atoms with Crippen molar-refractivity contribution in [3.05, 3.63) is 89.7 Å². The van der Waals surface area contributed by atoms with Gasteiger partial charge >= 0.3 is 0 Å². The number of hydrogen-bond acceptors (Lipinski definition) is 4. The molecule has 1 N–H and O–H groups in total. The molecule has 0 saturated carbocycles. The van der Waals surface area contributed by atoms with Crippen molar-refractivity contribution in [3.8, 4) is 11.5 Å². The molecule has 0 spiro atoms. The van der Waals surface area contributed by atoms with Crippen LogP contribution in [-0.2, 0) is 12.0 Å². The van der Waals surface area contributed by atoms with E-state index in [4.69, 9.17) is 14.5 Å². The summed E-state index contributed by atoms with van der Waals surface area (Å²) in [5.74, 6) is 2.10. The Bertz CT molecular complexity index is 1340. The second kappa shape index (κ2) is 11.5. The fourth-order valence-electron chi connectivity index (χ4n) is 4.44. The van der Waals surface area contributed by atoms with E-state index in [1.54, 1.807) is 19.2 Å². The summed E-state index contributed by atoms with van der Waals surface area (Å²) in [5.41, 5.74) is 3.92. The van der Waals surface area contributed by atoms with Crippen LogP contribution in [0.2, 0.25) is 0 Å². The maximum atomic E-state index is 13.0. The number of aryl methyl sites for hydroxylation is 1. The molecule has 1 atom stereocenters. The monoisotopic (exact) mass is 499 g/mol. The average Bonchev–Trinajstić information content (AvgIpc) is 3.27. The Balaban J connectivity index is 1.40. The smallest absolute Gasteiger partial charge is 0.255 e. The Kier molecular flexibility index (Phi) is 8.17. The fourth-order valence-corrected chi connectivity index (χ4v) is 4.44. The molecule has 6 heteroatoms. The minimum atomic E-state index is -0.276. The lowest BCUT2D eigenvalue weighted by Gasteiger charge is -2.19. The first-order valence-electron chi connectivity index (χ1n) is 12.9. The van der Waals surface area contributed by atoms with E-state index in [2.05, 4.69) is 48.9 Å². The Morgan fingerprint density at radius 3 is 2.41 bits per heavy atom. The van der Waals surface area contributed by atoms with Gasteiger partial charge in [0.1, 0.15) is 17.3 Å². The molecule has 194 valence electrons. The van der Waals surface area contributed by atoms with Crippen molar-refractivity contribution < 1.29 is 14.3 Å². The summed E-state index contributed by atoms with van der Waals surface area (Å²) in [6.07, 6.45) is 1.84. The molecule has 6 nitrogen and oxygen atoms in total. The molecule has 1 amide bonds. The van der Waals surface area contributed by atoms with Crippen LogP contribution >= 0.6 is 0 Å². The van der Waals surface area contributed by atoms with E-state index in [-0.39, 0.29) is 17.4 Å². The summed E-state index contributed by atoms with van der Waals surface area (Å²) in [5, 5.41) is 3.10. The highest BCUT2D eigenvalue weighted by molar-refractivity contribution is 5.97. The van der Waals surface area contributed by atoms with Gasteiger partial charge in [0.05, 0.1) is 36.4 Å². The van der Waals surface area contributed by atoms with E-state index < -0.39 is 0 Å². The van der Waals surface area contributed by atoms with Gasteiger partial charge in [-0.15, -0.1) is 0 Å². The van der Waals surface area contributed by atoms with E-state index >= 15 is 0 Å². The number of imidazole rings is 1. The molecule has 0 radical (unpaired) electrons. The molecule has 0 aliphatic carbocycles. The van der Waals surface area contributed by atoms with Gasteiger partial charge in [-0.25, -0.2) is 4.98 Å². The number of methoxy groups -OCH3 is 1. The van der Waals surface area contributed by atoms with Crippen molar-refractivity contribution in [2.75, 3.05) is 13.7 Å². The number of rotatable bonds is 10. The van der Waals surface area contributed by atoms with Gasteiger partial charge in [0.25, 0.3) is 5.91 Å². The first-order chi connectivity index (χ1) is 17.8. The number of unbranched alkanes of at least 4 members (excludes halogenated alkanes) is 1. The van der Waals surface area contributed by atoms with Crippen molar-refractivity contribution in [1.82, 2.24) is 14.9 Å². The number of carbonyl (C=O) groups is 1. The normalized spacial score (nSPS) is 12.4. The minimum absolute atomic E-state index is 0.133. The molecular weight excluding hydrogens is 462 g/mol. The van der Waals surface area contributed by atoms with Crippen molar-refractivity contribution >= 4 is 16.9 Å². The van der Waals surface area contributed by atoms with E-state index in [1.807, 2.05) is 49.4 Å². The van der Waals surface area contributed by atoms with Crippen molar-refractivity contribution in [1.29, 1.82) is 0 Å². The lowest BCUT2D eigenvalue weighted by atomic mass is 9.87. The van der Waals surface area contributed by atoms with Gasteiger partial charge < -0.3 is 19.4 Å². The molecule has 0 bridgehead atoms. The number of benzene rings is 3. The second-order valence-corrected chi connectivity index (χ2v) is 10.3. The van der Waals surface area contributed by atoms with Gasteiger partial charge in [0.15, 0.2) is 0 Å². The Morgan fingerprint density at radius 2 is 1.68 bits per heavy atom. The summed E-state index contributed by atoms with van der Waals surface area (Å²) >= 11 is 0. The van der Waals surface area contributed by atoms with Gasteiger partial charge in [-0.3, -0.25) is 4.79 Å². The summed E-state index contributed by atoms with van der Waals surface area (Å²) in [7, 11) is 1.57. The molecule has 0 saturated heterocycles. The third-order valence-corrected chi connectivity index (χ3v) is 6.54. The fraction of sp³-hybridized carbons (Fsp3) is 0.355. The molecule has 1 aromatic heterocycles. The summed E-state index contributed by atoms with van der Waals surface area (Å²) < 4.78 is 13.6. The molecular formula is C31H37N3O3. The van der Waals surface area contributed by atoms with Crippen molar-refractivity contribution in [2.24, 2.45) is 0 Å². The molecule has 1 heterocycles. The molecule has 37 heavy (non-hydrogen) atoms. The van der Waals surface area contributed by atoms with Gasteiger partial charge in [0, 0.05) is 6.54 Å². The van der Waals surface area contributed by atoms with Crippen LogP contribution < -0.4 is 14.8 Å². The quantitative estimate of drug-likeness (QED) is 0.247. The number of aromatic nitrogens is 2. The SMILES string of the molecule is COc1ccccc1C(=O)NC(C)c1nc2ccccc2n1CCCCOc1ccc(C(C)(C)C)cc1. The lowest BCUT2D eigenvalue weighted by molar-refractivity contribution is 0.0934. The molecule has 3 aromatic carbocycles. The number of para-hydroxylation sites is 3. The minimum Gasteiger partial charge on any atom is -0.496 e. The first-order valence-corrected chi connectivity index (χ1v) is 12.9. The maximum Gasteiger partial charge on any atom is 0.255 e. The van der Waals surface area contributed by atoms with Gasteiger partial charge in [-0.1, -0.05) is 57.2 Å². The lowest BCUT2D eigenvalue weighted by Crippen LogP contribution is -2.29. The van der Waals surface area contributed by atoms with Crippen LogP contribution in [0.3, 0.4) is 0 Å². The maximum absolute atomic E-state index is 13.0. The number of amides is 1. The standard InChI is InChI=1S/C31H37N3O3/c1-22(32-30(35)25-12-6-9-15-28(25)36-5)29-33-26-13-7-8-14-27(26)34(29)20-10-11-21-37-24-18-16-23(17-19-24)31(2,3)4/h6-9,12-19,22H,10-11,20-21H2,1-5H3,(H,32,35). The molecule has 1 unspecified atom stereocenters. The van der Waals surface area contributed by atoms with Crippen LogP contribution in [-0.4, -0.2) is 29.2 Å². The van der Waals surface area contributed by atoms with E-state index in [9.17, 15) is 4.79 Å². The zero-order chi connectivity index (χ0) is 26.4. The van der Waals surface area contributed by atoms with Gasteiger partial charge in [-0.05, 0) is 67.1 Å². The summed E-state index contributed by atoms with van der Waals surface area (Å²) in [4.78, 5) is 17.9.